The molecule has 0 aliphatic rings. The molecule has 1 N–H and O–H groups in total. The van der Waals surface area contributed by atoms with Gasteiger partial charge in [0.2, 0.25) is 5.88 Å². The van der Waals surface area contributed by atoms with Crippen LogP contribution in [0.15, 0.2) is 59.3 Å². The van der Waals surface area contributed by atoms with Crippen LogP contribution in [0.25, 0.3) is 5.88 Å². The summed E-state index contributed by atoms with van der Waals surface area (Å²) in [6.07, 6.45) is 3.51. The number of aryl methyl sites for hydroxylation is 1. The highest BCUT2D eigenvalue weighted by Gasteiger charge is 2.28. The zero-order valence-electron chi connectivity index (χ0n) is 14.4. The van der Waals surface area contributed by atoms with Crippen molar-refractivity contribution in [2.24, 2.45) is 0 Å². The van der Waals surface area contributed by atoms with Crippen molar-refractivity contribution in [1.29, 1.82) is 5.26 Å². The van der Waals surface area contributed by atoms with Crippen molar-refractivity contribution in [3.63, 3.8) is 0 Å². The lowest BCUT2D eigenvalue weighted by Gasteiger charge is -2.21. The molecule has 0 saturated carbocycles. The molecule has 0 atom stereocenters. The number of nitriles is 1. The van der Waals surface area contributed by atoms with Gasteiger partial charge in [0.05, 0.1) is 6.61 Å². The van der Waals surface area contributed by atoms with Crippen LogP contribution in [-0.2, 0) is 6.54 Å². The molecule has 2 heterocycles. The third kappa shape index (κ3) is 3.39. The summed E-state index contributed by atoms with van der Waals surface area (Å²) < 4.78 is 7.37. The fraction of sp³-hybridized carbons (Fsp3) is 0.200. The Bertz CT molecular complexity index is 921. The third-order valence-electron chi connectivity index (χ3n) is 4.10. The first-order chi connectivity index (χ1) is 12.7. The predicted molar refractivity (Wildman–Crippen MR) is 95.8 cm³/mol. The molecule has 0 saturated heterocycles. The summed E-state index contributed by atoms with van der Waals surface area (Å²) in [5.41, 5.74) is 1.37. The molecule has 0 bridgehead atoms. The summed E-state index contributed by atoms with van der Waals surface area (Å²) in [6, 6.07) is 15.2. The molecule has 0 unspecified atom stereocenters. The van der Waals surface area contributed by atoms with Gasteiger partial charge in [-0.05, 0) is 24.6 Å². The quantitative estimate of drug-likeness (QED) is 0.742. The van der Waals surface area contributed by atoms with E-state index in [2.05, 4.69) is 6.07 Å². The number of hydrogen-bond acceptors (Lipinski definition) is 4. The highest BCUT2D eigenvalue weighted by atomic mass is 16.4. The Kier molecular flexibility index (Phi) is 5.20. The summed E-state index contributed by atoms with van der Waals surface area (Å²) in [4.78, 5) is 14.6. The number of aliphatic hydroxyl groups is 1. The highest BCUT2D eigenvalue weighted by Crippen LogP contribution is 2.27. The zero-order valence-corrected chi connectivity index (χ0v) is 14.4. The smallest absolute Gasteiger partial charge is 0.259 e. The second kappa shape index (κ2) is 7.72. The van der Waals surface area contributed by atoms with Crippen molar-refractivity contribution in [3.05, 3.63) is 77.3 Å². The first-order valence-corrected chi connectivity index (χ1v) is 8.26. The van der Waals surface area contributed by atoms with Crippen molar-refractivity contribution in [2.45, 2.75) is 13.5 Å². The van der Waals surface area contributed by atoms with E-state index in [0.717, 1.165) is 5.56 Å². The molecule has 2 aromatic heterocycles. The summed E-state index contributed by atoms with van der Waals surface area (Å²) in [6.45, 7) is 2.01. The van der Waals surface area contributed by atoms with E-state index in [1.54, 1.807) is 23.9 Å². The third-order valence-corrected chi connectivity index (χ3v) is 4.10. The molecule has 0 fully saturated rings. The number of carbonyl (C=O) groups excluding carboxylic acids is 1. The molecule has 0 radical (unpaired) electrons. The largest absolute Gasteiger partial charge is 0.443 e. The maximum atomic E-state index is 13.1. The van der Waals surface area contributed by atoms with Crippen LogP contribution in [0.5, 0.6) is 0 Å². The number of furan rings is 1. The molecular weight excluding hydrogens is 330 g/mol. The number of benzene rings is 1. The van der Waals surface area contributed by atoms with Gasteiger partial charge in [-0.2, -0.15) is 5.26 Å². The highest BCUT2D eigenvalue weighted by molar-refractivity contribution is 5.98. The molecule has 6 heteroatoms. The van der Waals surface area contributed by atoms with E-state index in [0.29, 0.717) is 18.2 Å². The van der Waals surface area contributed by atoms with Gasteiger partial charge in [-0.3, -0.25) is 9.36 Å². The number of amides is 1. The lowest BCUT2D eigenvalue weighted by molar-refractivity contribution is 0.0706. The predicted octanol–water partition coefficient (Wildman–Crippen LogP) is 2.89. The van der Waals surface area contributed by atoms with Crippen LogP contribution in [0, 0.1) is 18.3 Å². The number of aliphatic hydroxyl groups excluding tert-OH is 1. The monoisotopic (exact) mass is 349 g/mol. The van der Waals surface area contributed by atoms with Gasteiger partial charge >= 0.3 is 0 Å². The van der Waals surface area contributed by atoms with E-state index in [1.807, 2.05) is 42.5 Å². The number of aromatic nitrogens is 1. The number of rotatable bonds is 6. The average Bonchev–Trinajstić information content (AvgIpc) is 3.29. The Morgan fingerprint density at radius 1 is 1.23 bits per heavy atom. The van der Waals surface area contributed by atoms with E-state index in [1.165, 1.54) is 4.90 Å². The van der Waals surface area contributed by atoms with Gasteiger partial charge in [-0.15, -0.1) is 0 Å². The normalized spacial score (nSPS) is 10.5. The molecule has 1 aromatic carbocycles. The van der Waals surface area contributed by atoms with Gasteiger partial charge in [-0.25, -0.2) is 0 Å². The molecule has 0 aliphatic carbocycles. The fourth-order valence-electron chi connectivity index (χ4n) is 2.88. The standard InChI is InChI=1S/C20H19N3O3/c1-15-18(17(13-21)20(26-15)22-9-5-6-10-22)19(25)23(11-12-24)14-16-7-3-2-4-8-16/h2-10,24H,11-12,14H2,1H3. The SMILES string of the molecule is Cc1oc(-n2cccc2)c(C#N)c1C(=O)N(CCO)Cc1ccccc1. The molecule has 0 spiro atoms. The minimum Gasteiger partial charge on any atom is -0.443 e. The molecule has 3 aromatic rings. The minimum atomic E-state index is -0.334. The summed E-state index contributed by atoms with van der Waals surface area (Å²) in [5.74, 6) is 0.368. The van der Waals surface area contributed by atoms with E-state index >= 15 is 0 Å². The van der Waals surface area contributed by atoms with Gasteiger partial charge in [0.25, 0.3) is 5.91 Å². The van der Waals surface area contributed by atoms with Crippen molar-refractivity contribution in [2.75, 3.05) is 13.2 Å². The Labute approximate surface area is 151 Å². The summed E-state index contributed by atoms with van der Waals surface area (Å²) >= 11 is 0. The molecule has 132 valence electrons. The van der Waals surface area contributed by atoms with Crippen LogP contribution in [0.1, 0.15) is 27.2 Å². The summed E-state index contributed by atoms with van der Waals surface area (Å²) in [5, 5.41) is 19.0. The Balaban J connectivity index is 1.98. The molecule has 6 nitrogen and oxygen atoms in total. The number of hydrogen-bond donors (Lipinski definition) is 1. The first-order valence-electron chi connectivity index (χ1n) is 8.26. The van der Waals surface area contributed by atoms with Crippen LogP contribution in [0.4, 0.5) is 0 Å². The van der Waals surface area contributed by atoms with Crippen molar-refractivity contribution < 1.29 is 14.3 Å². The van der Waals surface area contributed by atoms with Gasteiger partial charge < -0.3 is 14.4 Å². The fourth-order valence-corrected chi connectivity index (χ4v) is 2.88. The Morgan fingerprint density at radius 2 is 1.92 bits per heavy atom. The van der Waals surface area contributed by atoms with Crippen LogP contribution >= 0.6 is 0 Å². The molecule has 1 amide bonds. The summed E-state index contributed by atoms with van der Waals surface area (Å²) in [7, 11) is 0. The van der Waals surface area contributed by atoms with Crippen molar-refractivity contribution in [3.8, 4) is 12.0 Å². The lowest BCUT2D eigenvalue weighted by atomic mass is 10.1. The van der Waals surface area contributed by atoms with Gasteiger partial charge in [0.15, 0.2) is 0 Å². The molecule has 3 rings (SSSR count). The lowest BCUT2D eigenvalue weighted by Crippen LogP contribution is -2.33. The second-order valence-electron chi connectivity index (χ2n) is 5.85. The second-order valence-corrected chi connectivity index (χ2v) is 5.85. The van der Waals surface area contributed by atoms with E-state index in [4.69, 9.17) is 4.42 Å². The Morgan fingerprint density at radius 3 is 2.54 bits per heavy atom. The van der Waals surface area contributed by atoms with Gasteiger partial charge in [0, 0.05) is 25.5 Å². The van der Waals surface area contributed by atoms with E-state index in [-0.39, 0.29) is 30.2 Å². The van der Waals surface area contributed by atoms with Crippen LogP contribution in [0.3, 0.4) is 0 Å². The first kappa shape index (κ1) is 17.5. The van der Waals surface area contributed by atoms with E-state index < -0.39 is 0 Å². The van der Waals surface area contributed by atoms with Crippen LogP contribution < -0.4 is 0 Å². The maximum Gasteiger partial charge on any atom is 0.259 e. The topological polar surface area (TPSA) is 82.4 Å². The van der Waals surface area contributed by atoms with Crippen LogP contribution in [-0.4, -0.2) is 33.6 Å². The molecular formula is C20H19N3O3. The zero-order chi connectivity index (χ0) is 18.5. The molecule has 0 aliphatic heterocycles. The van der Waals surface area contributed by atoms with Crippen molar-refractivity contribution in [1.82, 2.24) is 9.47 Å². The van der Waals surface area contributed by atoms with Gasteiger partial charge in [0.1, 0.15) is 23.0 Å². The van der Waals surface area contributed by atoms with Crippen LogP contribution in [0.2, 0.25) is 0 Å². The maximum absolute atomic E-state index is 13.1. The van der Waals surface area contributed by atoms with Crippen molar-refractivity contribution >= 4 is 5.91 Å². The molecule has 26 heavy (non-hydrogen) atoms. The number of nitrogens with zero attached hydrogens (tertiary/aromatic N) is 3. The number of carbonyl (C=O) groups is 1. The Hall–Kier alpha value is -3.30. The minimum absolute atomic E-state index is 0.165. The average molecular weight is 349 g/mol. The van der Waals surface area contributed by atoms with E-state index in [9.17, 15) is 15.2 Å². The van der Waals surface area contributed by atoms with Gasteiger partial charge in [-0.1, -0.05) is 30.3 Å².